The summed E-state index contributed by atoms with van der Waals surface area (Å²) in [6.45, 7) is 3.79. The van der Waals surface area contributed by atoms with E-state index in [2.05, 4.69) is 4.98 Å². The molecule has 0 atom stereocenters. The van der Waals surface area contributed by atoms with E-state index in [4.69, 9.17) is 16.3 Å². The molecule has 1 fully saturated rings. The lowest BCUT2D eigenvalue weighted by atomic mass is 10.2. The highest BCUT2D eigenvalue weighted by atomic mass is 35.5. The Hall–Kier alpha value is -1.73. The summed E-state index contributed by atoms with van der Waals surface area (Å²) < 4.78 is 47.8. The van der Waals surface area contributed by atoms with Gasteiger partial charge in [-0.2, -0.15) is 0 Å². The first-order valence-electron chi connectivity index (χ1n) is 6.71. The minimum Gasteiger partial charge on any atom is -0.378 e. The number of rotatable bonds is 2. The molecule has 1 aromatic carbocycles. The van der Waals surface area contributed by atoms with Crippen molar-refractivity contribution in [3.8, 4) is 5.69 Å². The van der Waals surface area contributed by atoms with Gasteiger partial charge in [-0.25, -0.2) is 18.2 Å². The zero-order valence-electron chi connectivity index (χ0n) is 11.7. The van der Waals surface area contributed by atoms with Gasteiger partial charge in [-0.1, -0.05) is 0 Å². The average Bonchev–Trinajstić information content (AvgIpc) is 2.74. The van der Waals surface area contributed by atoms with Crippen molar-refractivity contribution < 1.29 is 17.9 Å². The zero-order valence-corrected chi connectivity index (χ0v) is 12.5. The number of anilines is 1. The Labute approximate surface area is 130 Å². The van der Waals surface area contributed by atoms with Crippen molar-refractivity contribution in [3.05, 3.63) is 40.6 Å². The lowest BCUT2D eigenvalue weighted by Crippen LogP contribution is -2.38. The first-order chi connectivity index (χ1) is 10.5. The number of morpholine rings is 1. The fourth-order valence-electron chi connectivity index (χ4n) is 2.58. The first kappa shape index (κ1) is 15.2. The number of ether oxygens (including phenoxy) is 1. The van der Waals surface area contributed by atoms with Crippen LogP contribution in [-0.4, -0.2) is 35.9 Å². The summed E-state index contributed by atoms with van der Waals surface area (Å²) in [7, 11) is 0. The zero-order chi connectivity index (χ0) is 15.9. The smallest absolute Gasteiger partial charge is 0.209 e. The molecule has 1 aromatic heterocycles. The van der Waals surface area contributed by atoms with E-state index in [-0.39, 0.29) is 5.28 Å². The van der Waals surface area contributed by atoms with E-state index in [1.165, 1.54) is 4.57 Å². The largest absolute Gasteiger partial charge is 0.378 e. The molecule has 2 aromatic rings. The predicted octanol–water partition coefficient (Wildman–Crippen LogP) is 3.09. The number of hydrogen-bond acceptors (Lipinski definition) is 3. The Bertz CT molecular complexity index is 691. The molecule has 0 N–H and O–H groups in total. The summed E-state index contributed by atoms with van der Waals surface area (Å²) in [6, 6.07) is 1.24. The number of nitrogens with zero attached hydrogens (tertiary/aromatic N) is 3. The molecule has 0 amide bonds. The van der Waals surface area contributed by atoms with Gasteiger partial charge >= 0.3 is 0 Å². The number of benzene rings is 1. The highest BCUT2D eigenvalue weighted by Gasteiger charge is 2.26. The van der Waals surface area contributed by atoms with Gasteiger partial charge < -0.3 is 9.64 Å². The molecule has 1 aliphatic rings. The van der Waals surface area contributed by atoms with Gasteiger partial charge in [0.25, 0.3) is 0 Å². The van der Waals surface area contributed by atoms with Gasteiger partial charge in [0.15, 0.2) is 11.6 Å². The Morgan fingerprint density at radius 3 is 2.32 bits per heavy atom. The molecular formula is C14H13ClF3N3O. The van der Waals surface area contributed by atoms with Crippen LogP contribution in [0.15, 0.2) is 12.1 Å². The lowest BCUT2D eigenvalue weighted by molar-refractivity contribution is 0.122. The third-order valence-electron chi connectivity index (χ3n) is 3.50. The molecule has 118 valence electrons. The molecule has 0 unspecified atom stereocenters. The van der Waals surface area contributed by atoms with Crippen molar-refractivity contribution in [2.24, 2.45) is 0 Å². The maximum atomic E-state index is 14.1. The van der Waals surface area contributed by atoms with Crippen molar-refractivity contribution >= 4 is 17.4 Å². The van der Waals surface area contributed by atoms with Crippen LogP contribution in [0.1, 0.15) is 5.69 Å². The van der Waals surface area contributed by atoms with Crippen LogP contribution in [0, 0.1) is 24.4 Å². The van der Waals surface area contributed by atoms with Gasteiger partial charge in [-0.15, -0.1) is 0 Å². The van der Waals surface area contributed by atoms with Gasteiger partial charge in [0, 0.05) is 25.2 Å². The van der Waals surface area contributed by atoms with Crippen LogP contribution >= 0.6 is 11.6 Å². The molecule has 0 radical (unpaired) electrons. The average molecular weight is 332 g/mol. The minimum absolute atomic E-state index is 0.0802. The summed E-state index contributed by atoms with van der Waals surface area (Å²) >= 11 is 6.05. The lowest BCUT2D eigenvalue weighted by Gasteiger charge is -2.30. The Kier molecular flexibility index (Phi) is 4.01. The van der Waals surface area contributed by atoms with Crippen LogP contribution in [0.4, 0.5) is 19.0 Å². The monoisotopic (exact) mass is 331 g/mol. The Balaban J connectivity index is 2.19. The van der Waals surface area contributed by atoms with E-state index in [0.717, 1.165) is 0 Å². The second kappa shape index (κ2) is 5.81. The summed E-state index contributed by atoms with van der Waals surface area (Å²) in [5.41, 5.74) is 0.100. The molecule has 0 bridgehead atoms. The Morgan fingerprint density at radius 2 is 1.73 bits per heavy atom. The molecule has 0 spiro atoms. The summed E-state index contributed by atoms with van der Waals surface area (Å²) in [6.07, 6.45) is 0. The molecule has 1 saturated heterocycles. The van der Waals surface area contributed by atoms with Crippen molar-refractivity contribution in [1.82, 2.24) is 9.55 Å². The first-order valence-corrected chi connectivity index (χ1v) is 7.09. The highest BCUT2D eigenvalue weighted by molar-refractivity contribution is 6.29. The number of imidazole rings is 1. The van der Waals surface area contributed by atoms with E-state index in [9.17, 15) is 13.2 Å². The fraction of sp³-hybridized carbons (Fsp3) is 0.357. The van der Waals surface area contributed by atoms with Gasteiger partial charge in [0.05, 0.1) is 18.9 Å². The standard InChI is InChI=1S/C14H13ClF3N3O/c1-8-13(20-2-4-22-5-3-20)21(14(15)19-8)12-10(17)6-9(16)7-11(12)18/h6-7H,2-5H2,1H3. The van der Waals surface area contributed by atoms with Crippen molar-refractivity contribution in [2.45, 2.75) is 6.92 Å². The third-order valence-corrected chi connectivity index (χ3v) is 3.75. The Morgan fingerprint density at radius 1 is 1.14 bits per heavy atom. The molecule has 4 nitrogen and oxygen atoms in total. The topological polar surface area (TPSA) is 30.3 Å². The number of hydrogen-bond donors (Lipinski definition) is 0. The van der Waals surface area contributed by atoms with Crippen molar-refractivity contribution in [2.75, 3.05) is 31.2 Å². The minimum atomic E-state index is -1.04. The molecule has 0 aliphatic carbocycles. The maximum Gasteiger partial charge on any atom is 0.209 e. The molecule has 2 heterocycles. The molecule has 22 heavy (non-hydrogen) atoms. The van der Waals surface area contributed by atoms with Crippen molar-refractivity contribution in [3.63, 3.8) is 0 Å². The second-order valence-electron chi connectivity index (χ2n) is 4.94. The van der Waals surface area contributed by atoms with Crippen LogP contribution in [0.2, 0.25) is 5.28 Å². The van der Waals surface area contributed by atoms with Gasteiger partial charge in [-0.3, -0.25) is 4.57 Å². The predicted molar refractivity (Wildman–Crippen MR) is 76.2 cm³/mol. The van der Waals surface area contributed by atoms with E-state index >= 15 is 0 Å². The van der Waals surface area contributed by atoms with Gasteiger partial charge in [0.2, 0.25) is 5.28 Å². The van der Waals surface area contributed by atoms with Crippen LogP contribution in [0.25, 0.3) is 5.69 Å². The van der Waals surface area contributed by atoms with Crippen LogP contribution in [0.3, 0.4) is 0 Å². The second-order valence-corrected chi connectivity index (χ2v) is 5.28. The summed E-state index contributed by atoms with van der Waals surface area (Å²) in [5, 5.41) is -0.0802. The van der Waals surface area contributed by atoms with Gasteiger partial charge in [0.1, 0.15) is 17.3 Å². The molecule has 8 heteroatoms. The fourth-order valence-corrected chi connectivity index (χ4v) is 2.87. The molecule has 1 aliphatic heterocycles. The summed E-state index contributed by atoms with van der Waals surface area (Å²) in [4.78, 5) is 5.97. The van der Waals surface area contributed by atoms with Crippen LogP contribution < -0.4 is 4.90 Å². The quantitative estimate of drug-likeness (QED) is 0.847. The van der Waals surface area contributed by atoms with Crippen LogP contribution in [0.5, 0.6) is 0 Å². The third kappa shape index (κ3) is 2.55. The van der Waals surface area contributed by atoms with E-state index in [1.54, 1.807) is 6.92 Å². The van der Waals surface area contributed by atoms with Gasteiger partial charge in [-0.05, 0) is 18.5 Å². The maximum absolute atomic E-state index is 14.1. The normalized spacial score (nSPS) is 15.4. The highest BCUT2D eigenvalue weighted by Crippen LogP contribution is 2.32. The number of aryl methyl sites for hydroxylation is 1. The van der Waals surface area contributed by atoms with Crippen molar-refractivity contribution in [1.29, 1.82) is 0 Å². The molecule has 0 saturated carbocycles. The van der Waals surface area contributed by atoms with E-state index in [1.807, 2.05) is 4.90 Å². The van der Waals surface area contributed by atoms with E-state index in [0.29, 0.717) is 49.9 Å². The number of halogens is 4. The van der Waals surface area contributed by atoms with E-state index < -0.39 is 23.1 Å². The number of aromatic nitrogens is 2. The van der Waals surface area contributed by atoms with Crippen LogP contribution in [-0.2, 0) is 4.74 Å². The molecule has 3 rings (SSSR count). The summed E-state index contributed by atoms with van der Waals surface area (Å²) in [5.74, 6) is -2.57. The molecular weight excluding hydrogens is 319 g/mol. The SMILES string of the molecule is Cc1nc(Cl)n(-c2c(F)cc(F)cc2F)c1N1CCOCC1.